The van der Waals surface area contributed by atoms with Gasteiger partial charge in [-0.25, -0.2) is 0 Å². The molecule has 1 aromatic carbocycles. The average molecular weight is 218 g/mol. The van der Waals surface area contributed by atoms with Gasteiger partial charge >= 0.3 is 0 Å². The van der Waals surface area contributed by atoms with Crippen molar-refractivity contribution in [2.75, 3.05) is 13.7 Å². The van der Waals surface area contributed by atoms with E-state index in [1.807, 2.05) is 25.1 Å². The molecular formula is C12H14N2O2. The van der Waals surface area contributed by atoms with E-state index in [1.54, 1.807) is 12.1 Å². The van der Waals surface area contributed by atoms with E-state index in [9.17, 15) is 4.79 Å². The first-order chi connectivity index (χ1) is 7.67. The number of benzene rings is 1. The molecule has 0 aliphatic heterocycles. The molecule has 84 valence electrons. The van der Waals surface area contributed by atoms with Crippen molar-refractivity contribution in [3.8, 4) is 6.07 Å². The van der Waals surface area contributed by atoms with Crippen LogP contribution in [-0.2, 0) is 9.53 Å². The SMILES string of the molecule is COCC(=O)NC(C)c1ccc(C#N)cc1. The van der Waals surface area contributed by atoms with Crippen LogP contribution >= 0.6 is 0 Å². The number of nitrogens with zero attached hydrogens (tertiary/aromatic N) is 1. The Labute approximate surface area is 94.8 Å². The van der Waals surface area contributed by atoms with Gasteiger partial charge in [0, 0.05) is 7.11 Å². The molecule has 0 aliphatic rings. The van der Waals surface area contributed by atoms with Crippen molar-refractivity contribution in [2.24, 2.45) is 0 Å². The van der Waals surface area contributed by atoms with Gasteiger partial charge in [-0.1, -0.05) is 12.1 Å². The first-order valence-corrected chi connectivity index (χ1v) is 4.95. The van der Waals surface area contributed by atoms with E-state index in [1.165, 1.54) is 7.11 Å². The zero-order valence-corrected chi connectivity index (χ0v) is 9.36. The van der Waals surface area contributed by atoms with Crippen LogP contribution in [0.1, 0.15) is 24.1 Å². The van der Waals surface area contributed by atoms with Crippen molar-refractivity contribution in [2.45, 2.75) is 13.0 Å². The number of ether oxygens (including phenoxy) is 1. The van der Waals surface area contributed by atoms with E-state index in [0.717, 1.165) is 5.56 Å². The Bertz CT molecular complexity index is 392. The minimum Gasteiger partial charge on any atom is -0.375 e. The van der Waals surface area contributed by atoms with E-state index < -0.39 is 0 Å². The zero-order chi connectivity index (χ0) is 12.0. The fourth-order valence-electron chi connectivity index (χ4n) is 1.34. The Balaban J connectivity index is 2.63. The van der Waals surface area contributed by atoms with E-state index in [-0.39, 0.29) is 18.6 Å². The molecule has 1 atom stereocenters. The van der Waals surface area contributed by atoms with Crippen LogP contribution < -0.4 is 5.32 Å². The lowest BCUT2D eigenvalue weighted by molar-refractivity contribution is -0.125. The molecule has 0 radical (unpaired) electrons. The number of amides is 1. The number of carbonyl (C=O) groups is 1. The maximum absolute atomic E-state index is 11.3. The Morgan fingerprint density at radius 2 is 2.12 bits per heavy atom. The second-order valence-corrected chi connectivity index (χ2v) is 3.46. The first kappa shape index (κ1) is 12.2. The summed E-state index contributed by atoms with van der Waals surface area (Å²) in [6.07, 6.45) is 0. The van der Waals surface area contributed by atoms with Gasteiger partial charge in [-0.3, -0.25) is 4.79 Å². The molecule has 1 N–H and O–H groups in total. The van der Waals surface area contributed by atoms with Gasteiger partial charge in [0.25, 0.3) is 0 Å². The number of hydrogen-bond donors (Lipinski definition) is 1. The molecule has 4 nitrogen and oxygen atoms in total. The van der Waals surface area contributed by atoms with Crippen molar-refractivity contribution < 1.29 is 9.53 Å². The molecule has 0 spiro atoms. The first-order valence-electron chi connectivity index (χ1n) is 4.95. The van der Waals surface area contributed by atoms with E-state index in [4.69, 9.17) is 10.00 Å². The summed E-state index contributed by atoms with van der Waals surface area (Å²) < 4.78 is 4.72. The number of nitriles is 1. The summed E-state index contributed by atoms with van der Waals surface area (Å²) in [6, 6.07) is 9.08. The molecule has 16 heavy (non-hydrogen) atoms. The molecule has 1 amide bonds. The second-order valence-electron chi connectivity index (χ2n) is 3.46. The molecule has 1 unspecified atom stereocenters. The van der Waals surface area contributed by atoms with Gasteiger partial charge in [-0.05, 0) is 24.6 Å². The standard InChI is InChI=1S/C12H14N2O2/c1-9(14-12(15)8-16-2)11-5-3-10(7-13)4-6-11/h3-6,9H,8H2,1-2H3,(H,14,15). The summed E-state index contributed by atoms with van der Waals surface area (Å²) in [6.45, 7) is 1.94. The monoisotopic (exact) mass is 218 g/mol. The quantitative estimate of drug-likeness (QED) is 0.830. The second kappa shape index (κ2) is 5.89. The van der Waals surface area contributed by atoms with Crippen LogP contribution in [0.25, 0.3) is 0 Å². The van der Waals surface area contributed by atoms with Crippen LogP contribution in [0.5, 0.6) is 0 Å². The molecular weight excluding hydrogens is 204 g/mol. The van der Waals surface area contributed by atoms with Crippen LogP contribution in [-0.4, -0.2) is 19.6 Å². The van der Waals surface area contributed by atoms with Gasteiger partial charge in [0.05, 0.1) is 17.7 Å². The lowest BCUT2D eigenvalue weighted by atomic mass is 10.1. The van der Waals surface area contributed by atoms with Crippen LogP contribution in [0, 0.1) is 11.3 Å². The van der Waals surface area contributed by atoms with E-state index in [0.29, 0.717) is 5.56 Å². The molecule has 1 aromatic rings. The highest BCUT2D eigenvalue weighted by molar-refractivity contribution is 5.77. The third-order valence-corrected chi connectivity index (χ3v) is 2.19. The highest BCUT2D eigenvalue weighted by Crippen LogP contribution is 2.12. The average Bonchev–Trinajstić information content (AvgIpc) is 2.29. The summed E-state index contributed by atoms with van der Waals surface area (Å²) in [7, 11) is 1.48. The Hall–Kier alpha value is -1.86. The van der Waals surface area contributed by atoms with Gasteiger partial charge in [-0.15, -0.1) is 0 Å². The van der Waals surface area contributed by atoms with Crippen molar-refractivity contribution in [3.05, 3.63) is 35.4 Å². The number of carbonyl (C=O) groups excluding carboxylic acids is 1. The number of methoxy groups -OCH3 is 1. The molecule has 0 fully saturated rings. The molecule has 4 heteroatoms. The van der Waals surface area contributed by atoms with Crippen molar-refractivity contribution >= 4 is 5.91 Å². The largest absolute Gasteiger partial charge is 0.375 e. The smallest absolute Gasteiger partial charge is 0.246 e. The maximum Gasteiger partial charge on any atom is 0.246 e. The fraction of sp³-hybridized carbons (Fsp3) is 0.333. The van der Waals surface area contributed by atoms with Crippen LogP contribution in [0.15, 0.2) is 24.3 Å². The number of nitrogens with one attached hydrogen (secondary N) is 1. The Morgan fingerprint density at radius 1 is 1.50 bits per heavy atom. The van der Waals surface area contributed by atoms with Crippen molar-refractivity contribution in [1.29, 1.82) is 5.26 Å². The molecule has 0 bridgehead atoms. The minimum absolute atomic E-state index is 0.0562. The van der Waals surface area contributed by atoms with Crippen LogP contribution in [0.2, 0.25) is 0 Å². The van der Waals surface area contributed by atoms with Crippen molar-refractivity contribution in [1.82, 2.24) is 5.32 Å². The Kier molecular flexibility index (Phi) is 4.49. The molecule has 0 saturated heterocycles. The molecule has 0 aliphatic carbocycles. The number of hydrogen-bond acceptors (Lipinski definition) is 3. The molecule has 0 heterocycles. The third kappa shape index (κ3) is 3.37. The van der Waals surface area contributed by atoms with Crippen molar-refractivity contribution in [3.63, 3.8) is 0 Å². The summed E-state index contributed by atoms with van der Waals surface area (Å²) in [5.41, 5.74) is 1.57. The normalized spacial score (nSPS) is 11.6. The summed E-state index contributed by atoms with van der Waals surface area (Å²) in [4.78, 5) is 11.3. The minimum atomic E-state index is -0.153. The van der Waals surface area contributed by atoms with Gasteiger partial charge in [0.1, 0.15) is 6.61 Å². The summed E-state index contributed by atoms with van der Waals surface area (Å²) >= 11 is 0. The topological polar surface area (TPSA) is 62.1 Å². The Morgan fingerprint density at radius 3 is 2.62 bits per heavy atom. The van der Waals surface area contributed by atoms with E-state index in [2.05, 4.69) is 5.32 Å². The highest BCUT2D eigenvalue weighted by Gasteiger charge is 2.08. The molecule has 1 rings (SSSR count). The predicted molar refractivity (Wildman–Crippen MR) is 59.6 cm³/mol. The number of rotatable bonds is 4. The maximum atomic E-state index is 11.3. The lowest BCUT2D eigenvalue weighted by Crippen LogP contribution is -2.29. The summed E-state index contributed by atoms with van der Waals surface area (Å²) in [5.74, 6) is -0.153. The van der Waals surface area contributed by atoms with Gasteiger partial charge in [0.15, 0.2) is 0 Å². The molecule has 0 saturated carbocycles. The van der Waals surface area contributed by atoms with Gasteiger partial charge < -0.3 is 10.1 Å². The predicted octanol–water partition coefficient (Wildman–Crippen LogP) is 1.38. The van der Waals surface area contributed by atoms with Crippen LogP contribution in [0.3, 0.4) is 0 Å². The lowest BCUT2D eigenvalue weighted by Gasteiger charge is -2.13. The zero-order valence-electron chi connectivity index (χ0n) is 9.36. The third-order valence-electron chi connectivity index (χ3n) is 2.19. The molecule has 0 aromatic heterocycles. The highest BCUT2D eigenvalue weighted by atomic mass is 16.5. The van der Waals surface area contributed by atoms with Gasteiger partial charge in [-0.2, -0.15) is 5.26 Å². The fourth-order valence-corrected chi connectivity index (χ4v) is 1.34. The van der Waals surface area contributed by atoms with Crippen LogP contribution in [0.4, 0.5) is 0 Å². The van der Waals surface area contributed by atoms with Gasteiger partial charge in [0.2, 0.25) is 5.91 Å². The summed E-state index contributed by atoms with van der Waals surface area (Å²) in [5, 5.41) is 11.4. The van der Waals surface area contributed by atoms with E-state index >= 15 is 0 Å².